The third-order valence-electron chi connectivity index (χ3n) is 3.18. The van der Waals surface area contributed by atoms with Crippen molar-refractivity contribution in [3.63, 3.8) is 0 Å². The Labute approximate surface area is 96.2 Å². The van der Waals surface area contributed by atoms with Gasteiger partial charge in [-0.25, -0.2) is 0 Å². The Balaban J connectivity index is 1.96. The van der Waals surface area contributed by atoms with Crippen molar-refractivity contribution in [2.24, 2.45) is 5.92 Å². The zero-order chi connectivity index (χ0) is 11.4. The van der Waals surface area contributed by atoms with E-state index >= 15 is 0 Å². The van der Waals surface area contributed by atoms with Crippen LogP contribution in [-0.2, 0) is 0 Å². The summed E-state index contributed by atoms with van der Waals surface area (Å²) in [5.41, 5.74) is 0.736. The molecule has 1 saturated heterocycles. The van der Waals surface area contributed by atoms with Crippen molar-refractivity contribution in [2.75, 3.05) is 13.1 Å². The summed E-state index contributed by atoms with van der Waals surface area (Å²) in [4.78, 5) is 11.9. The van der Waals surface area contributed by atoms with Crippen LogP contribution < -0.4 is 10.6 Å². The number of amides is 1. The first-order chi connectivity index (χ1) is 7.77. The second-order valence-electron chi connectivity index (χ2n) is 4.42. The van der Waals surface area contributed by atoms with Gasteiger partial charge in [-0.05, 0) is 31.0 Å². The van der Waals surface area contributed by atoms with Gasteiger partial charge in [0.05, 0.1) is 0 Å². The van der Waals surface area contributed by atoms with Gasteiger partial charge in [-0.1, -0.05) is 25.1 Å². The van der Waals surface area contributed by atoms with Crippen LogP contribution in [0.25, 0.3) is 0 Å². The third-order valence-corrected chi connectivity index (χ3v) is 3.18. The van der Waals surface area contributed by atoms with E-state index in [1.54, 1.807) is 0 Å². The summed E-state index contributed by atoms with van der Waals surface area (Å²) in [6.07, 6.45) is 1.12. The molecule has 3 heteroatoms. The summed E-state index contributed by atoms with van der Waals surface area (Å²) in [5.74, 6) is 0.579. The van der Waals surface area contributed by atoms with Gasteiger partial charge in [0.25, 0.3) is 5.91 Å². The zero-order valence-electron chi connectivity index (χ0n) is 9.57. The lowest BCUT2D eigenvalue weighted by Gasteiger charge is -2.30. The molecule has 1 aromatic carbocycles. The third kappa shape index (κ3) is 2.61. The van der Waals surface area contributed by atoms with E-state index in [0.717, 1.165) is 25.1 Å². The maximum absolute atomic E-state index is 11.9. The molecule has 16 heavy (non-hydrogen) atoms. The van der Waals surface area contributed by atoms with Crippen molar-refractivity contribution >= 4 is 5.91 Å². The number of carbonyl (C=O) groups is 1. The van der Waals surface area contributed by atoms with Crippen molar-refractivity contribution < 1.29 is 4.79 Å². The summed E-state index contributed by atoms with van der Waals surface area (Å²) in [7, 11) is 0. The van der Waals surface area contributed by atoms with Gasteiger partial charge in [-0.2, -0.15) is 0 Å². The van der Waals surface area contributed by atoms with E-state index in [2.05, 4.69) is 17.6 Å². The molecular formula is C13H18N2O. The standard InChI is InChI=1S/C13H18N2O/c1-10-7-8-14-9-12(10)15-13(16)11-5-3-2-4-6-11/h2-6,10,12,14H,7-9H2,1H3,(H,15,16). The van der Waals surface area contributed by atoms with Gasteiger partial charge >= 0.3 is 0 Å². The fourth-order valence-corrected chi connectivity index (χ4v) is 2.02. The average molecular weight is 218 g/mol. The second kappa shape index (κ2) is 5.12. The molecular weight excluding hydrogens is 200 g/mol. The molecule has 2 N–H and O–H groups in total. The normalized spacial score (nSPS) is 25.1. The van der Waals surface area contributed by atoms with Crippen molar-refractivity contribution in [2.45, 2.75) is 19.4 Å². The maximum atomic E-state index is 11.9. The number of hydrogen-bond acceptors (Lipinski definition) is 2. The molecule has 0 aliphatic carbocycles. The van der Waals surface area contributed by atoms with Gasteiger partial charge in [0.2, 0.25) is 0 Å². The Kier molecular flexibility index (Phi) is 3.57. The molecule has 1 aliphatic heterocycles. The Bertz CT molecular complexity index is 350. The fraction of sp³-hybridized carbons (Fsp3) is 0.462. The first-order valence-corrected chi connectivity index (χ1v) is 5.84. The second-order valence-corrected chi connectivity index (χ2v) is 4.42. The molecule has 0 saturated carbocycles. The molecule has 3 nitrogen and oxygen atoms in total. The van der Waals surface area contributed by atoms with Crippen LogP contribution in [0.1, 0.15) is 23.7 Å². The lowest BCUT2D eigenvalue weighted by atomic mass is 9.94. The Morgan fingerprint density at radius 3 is 2.81 bits per heavy atom. The Morgan fingerprint density at radius 1 is 1.38 bits per heavy atom. The fourth-order valence-electron chi connectivity index (χ4n) is 2.02. The smallest absolute Gasteiger partial charge is 0.251 e. The average Bonchev–Trinajstić information content (AvgIpc) is 2.33. The molecule has 2 atom stereocenters. The van der Waals surface area contributed by atoms with Crippen molar-refractivity contribution in [3.05, 3.63) is 35.9 Å². The summed E-state index contributed by atoms with van der Waals surface area (Å²) in [6, 6.07) is 9.63. The summed E-state index contributed by atoms with van der Waals surface area (Å²) in [5, 5.41) is 6.39. The van der Waals surface area contributed by atoms with Crippen LogP contribution >= 0.6 is 0 Å². The first kappa shape index (κ1) is 11.1. The van der Waals surface area contributed by atoms with Gasteiger partial charge in [0.1, 0.15) is 0 Å². The molecule has 2 rings (SSSR count). The van der Waals surface area contributed by atoms with Crippen LogP contribution in [0.3, 0.4) is 0 Å². The lowest BCUT2D eigenvalue weighted by Crippen LogP contribution is -2.50. The van der Waals surface area contributed by atoms with Crippen LogP contribution in [0.4, 0.5) is 0 Å². The van der Waals surface area contributed by atoms with E-state index in [1.807, 2.05) is 30.3 Å². The van der Waals surface area contributed by atoms with Crippen LogP contribution in [-0.4, -0.2) is 25.0 Å². The summed E-state index contributed by atoms with van der Waals surface area (Å²) < 4.78 is 0. The highest BCUT2D eigenvalue weighted by molar-refractivity contribution is 5.94. The predicted octanol–water partition coefficient (Wildman–Crippen LogP) is 1.41. The summed E-state index contributed by atoms with van der Waals surface area (Å²) >= 11 is 0. The predicted molar refractivity (Wildman–Crippen MR) is 64.3 cm³/mol. The van der Waals surface area contributed by atoms with E-state index in [1.165, 1.54) is 0 Å². The van der Waals surface area contributed by atoms with Crippen molar-refractivity contribution in [3.8, 4) is 0 Å². The minimum absolute atomic E-state index is 0.0288. The van der Waals surface area contributed by atoms with E-state index in [4.69, 9.17) is 0 Å². The van der Waals surface area contributed by atoms with Crippen molar-refractivity contribution in [1.82, 2.24) is 10.6 Å². The van der Waals surface area contributed by atoms with E-state index in [9.17, 15) is 4.79 Å². The molecule has 0 bridgehead atoms. The molecule has 1 aliphatic rings. The van der Waals surface area contributed by atoms with Crippen LogP contribution in [0, 0.1) is 5.92 Å². The Hall–Kier alpha value is -1.35. The van der Waals surface area contributed by atoms with Gasteiger partial charge in [0.15, 0.2) is 0 Å². The molecule has 0 spiro atoms. The molecule has 0 radical (unpaired) electrons. The first-order valence-electron chi connectivity index (χ1n) is 5.84. The van der Waals surface area contributed by atoms with Gasteiger partial charge < -0.3 is 10.6 Å². The van der Waals surface area contributed by atoms with E-state index in [-0.39, 0.29) is 11.9 Å². The van der Waals surface area contributed by atoms with Crippen molar-refractivity contribution in [1.29, 1.82) is 0 Å². The van der Waals surface area contributed by atoms with Gasteiger partial charge in [-0.3, -0.25) is 4.79 Å². The highest BCUT2D eigenvalue weighted by atomic mass is 16.1. The SMILES string of the molecule is CC1CCNCC1NC(=O)c1ccccc1. The number of carbonyl (C=O) groups excluding carboxylic acids is 1. The maximum Gasteiger partial charge on any atom is 0.251 e. The molecule has 1 fully saturated rings. The quantitative estimate of drug-likeness (QED) is 0.788. The molecule has 1 aromatic rings. The number of hydrogen-bond donors (Lipinski definition) is 2. The van der Waals surface area contributed by atoms with E-state index in [0.29, 0.717) is 5.92 Å². The molecule has 1 heterocycles. The van der Waals surface area contributed by atoms with Gasteiger partial charge in [-0.15, -0.1) is 0 Å². The molecule has 1 amide bonds. The zero-order valence-corrected chi connectivity index (χ0v) is 9.57. The van der Waals surface area contributed by atoms with Crippen LogP contribution in [0.2, 0.25) is 0 Å². The minimum atomic E-state index is 0.0288. The number of benzene rings is 1. The van der Waals surface area contributed by atoms with Gasteiger partial charge in [0, 0.05) is 18.2 Å². The molecule has 2 unspecified atom stereocenters. The largest absolute Gasteiger partial charge is 0.348 e. The highest BCUT2D eigenvalue weighted by Crippen LogP contribution is 2.11. The monoisotopic (exact) mass is 218 g/mol. The Morgan fingerprint density at radius 2 is 2.12 bits per heavy atom. The van der Waals surface area contributed by atoms with Crippen LogP contribution in [0.5, 0.6) is 0 Å². The highest BCUT2D eigenvalue weighted by Gasteiger charge is 2.22. The topological polar surface area (TPSA) is 41.1 Å². The number of piperidine rings is 1. The van der Waals surface area contributed by atoms with E-state index < -0.39 is 0 Å². The van der Waals surface area contributed by atoms with Crippen LogP contribution in [0.15, 0.2) is 30.3 Å². The minimum Gasteiger partial charge on any atom is -0.348 e. The molecule has 0 aromatic heterocycles. The summed E-state index contributed by atoms with van der Waals surface area (Å²) in [6.45, 7) is 4.12. The number of rotatable bonds is 2. The molecule has 86 valence electrons. The lowest BCUT2D eigenvalue weighted by molar-refractivity contribution is 0.0915. The number of nitrogens with one attached hydrogen (secondary N) is 2.